The maximum atomic E-state index is 11.9. The third-order valence-corrected chi connectivity index (χ3v) is 4.92. The Hall–Kier alpha value is -1.00. The maximum Gasteiger partial charge on any atom is 0.270 e. The summed E-state index contributed by atoms with van der Waals surface area (Å²) in [6.07, 6.45) is -1.29. The lowest BCUT2D eigenvalue weighted by molar-refractivity contribution is 0.133. The smallest absolute Gasteiger partial charge is 0.270 e. The van der Waals surface area contributed by atoms with E-state index in [9.17, 15) is 21.9 Å². The molecule has 0 aliphatic heterocycles. The van der Waals surface area contributed by atoms with E-state index in [-0.39, 0.29) is 0 Å². The molecule has 0 aromatic heterocycles. The molecule has 0 saturated heterocycles. The molecule has 1 aromatic rings. The molecule has 0 saturated carbocycles. The lowest BCUT2D eigenvalue weighted by Gasteiger charge is -2.23. The zero-order valence-electron chi connectivity index (χ0n) is 11.6. The quantitative estimate of drug-likeness (QED) is 0.556. The normalized spacial score (nSPS) is 14.9. The summed E-state index contributed by atoms with van der Waals surface area (Å²) in [7, 11) is -8.57. The molecule has 120 valence electrons. The molecule has 0 aliphatic carbocycles. The molecule has 2 N–H and O–H groups in total. The first-order chi connectivity index (χ1) is 9.40. The molecule has 0 amide bonds. The fraction of sp³-hybridized carbons (Fsp3) is 0.500. The first-order valence-electron chi connectivity index (χ1n) is 6.02. The van der Waals surface area contributed by atoms with Crippen molar-refractivity contribution in [2.45, 2.75) is 25.6 Å². The average molecular weight is 338 g/mol. The van der Waals surface area contributed by atoms with Crippen molar-refractivity contribution in [1.29, 1.82) is 0 Å². The van der Waals surface area contributed by atoms with Gasteiger partial charge in [-0.05, 0) is 19.4 Å². The van der Waals surface area contributed by atoms with E-state index < -0.39 is 43.4 Å². The topological polar surface area (TPSA) is 118 Å². The molecule has 21 heavy (non-hydrogen) atoms. The Morgan fingerprint density at radius 1 is 1.14 bits per heavy atom. The molecule has 1 rings (SSSR count). The van der Waals surface area contributed by atoms with Crippen molar-refractivity contribution in [1.82, 2.24) is 0 Å². The van der Waals surface area contributed by atoms with Crippen molar-refractivity contribution in [3.63, 3.8) is 0 Å². The number of benzene rings is 1. The fourth-order valence-corrected chi connectivity index (χ4v) is 4.21. The minimum absolute atomic E-state index is 0.400. The molecule has 0 aliphatic rings. The van der Waals surface area contributed by atoms with Crippen LogP contribution in [0.25, 0.3) is 0 Å². The zero-order chi connectivity index (χ0) is 16.3. The second-order valence-electron chi connectivity index (χ2n) is 5.22. The first-order valence-corrected chi connectivity index (χ1v) is 9.20. The Morgan fingerprint density at radius 3 is 2.14 bits per heavy atom. The van der Waals surface area contributed by atoms with Crippen LogP contribution in [0.15, 0.2) is 30.3 Å². The minimum Gasteiger partial charge on any atom is -0.387 e. The average Bonchev–Trinajstić information content (AvgIpc) is 2.24. The van der Waals surface area contributed by atoms with E-state index in [4.69, 9.17) is 8.74 Å². The summed E-state index contributed by atoms with van der Waals surface area (Å²) >= 11 is 0. The molecule has 1 aromatic carbocycles. The van der Waals surface area contributed by atoms with E-state index >= 15 is 0 Å². The second-order valence-corrected chi connectivity index (χ2v) is 8.29. The van der Waals surface area contributed by atoms with E-state index in [2.05, 4.69) is 0 Å². The summed E-state index contributed by atoms with van der Waals surface area (Å²) in [5, 5.41) is 9.86. The first kappa shape index (κ1) is 18.1. The van der Waals surface area contributed by atoms with Gasteiger partial charge in [-0.25, -0.2) is 0 Å². The van der Waals surface area contributed by atoms with Gasteiger partial charge in [-0.3, -0.25) is 8.74 Å². The van der Waals surface area contributed by atoms with Crippen molar-refractivity contribution >= 4 is 20.2 Å². The molecule has 7 nitrogen and oxygen atoms in total. The number of aliphatic hydroxyl groups excluding tert-OH is 1. The number of rotatable bonds is 7. The van der Waals surface area contributed by atoms with Crippen molar-refractivity contribution in [2.24, 2.45) is 0 Å². The van der Waals surface area contributed by atoms with Gasteiger partial charge in [0.1, 0.15) is 11.5 Å². The molecule has 1 unspecified atom stereocenters. The van der Waals surface area contributed by atoms with Gasteiger partial charge in [-0.2, -0.15) is 16.8 Å². The van der Waals surface area contributed by atoms with Crippen LogP contribution in [0.2, 0.25) is 0 Å². The molecule has 1 atom stereocenters. The van der Waals surface area contributed by atoms with Crippen LogP contribution in [0, 0.1) is 0 Å². The van der Waals surface area contributed by atoms with Crippen LogP contribution < -0.4 is 0 Å². The molecular formula is C12H18O7S2. The van der Waals surface area contributed by atoms with Gasteiger partial charge in [0, 0.05) is 0 Å². The van der Waals surface area contributed by atoms with Crippen molar-refractivity contribution in [3.8, 4) is 0 Å². The largest absolute Gasteiger partial charge is 0.387 e. The highest BCUT2D eigenvalue weighted by Crippen LogP contribution is 2.20. The van der Waals surface area contributed by atoms with Crippen LogP contribution in [0.3, 0.4) is 0 Å². The van der Waals surface area contributed by atoms with Crippen LogP contribution in [0.1, 0.15) is 25.5 Å². The molecule has 0 fully saturated rings. The minimum atomic E-state index is -4.39. The Morgan fingerprint density at radius 2 is 1.67 bits per heavy atom. The third kappa shape index (κ3) is 7.00. The van der Waals surface area contributed by atoms with E-state index in [1.165, 1.54) is 13.8 Å². The molecule has 0 heterocycles. The monoisotopic (exact) mass is 338 g/mol. The summed E-state index contributed by atoms with van der Waals surface area (Å²) in [6.45, 7) is 2.43. The van der Waals surface area contributed by atoms with Crippen LogP contribution >= 0.6 is 0 Å². The summed E-state index contributed by atoms with van der Waals surface area (Å²) in [5.74, 6) is -1.59. The van der Waals surface area contributed by atoms with Crippen molar-refractivity contribution in [2.75, 3.05) is 11.5 Å². The highest BCUT2D eigenvalue weighted by molar-refractivity contribution is 7.87. The summed E-state index contributed by atoms with van der Waals surface area (Å²) in [6, 6.07) is 8.13. The van der Waals surface area contributed by atoms with Gasteiger partial charge < -0.3 is 5.11 Å². The van der Waals surface area contributed by atoms with Gasteiger partial charge in [0.05, 0.1) is 11.7 Å². The standard InChI is InChI=1S/C12H18O7S2/c1-12(2,9-20(14,15)16)19-21(17,18)8-11(13)10-6-4-3-5-7-10/h3-7,11,13H,8-9H2,1-2H3,(H,14,15,16). The van der Waals surface area contributed by atoms with E-state index in [1.807, 2.05) is 0 Å². The Labute approximate surface area is 124 Å². The fourth-order valence-electron chi connectivity index (χ4n) is 1.81. The number of hydrogen-bond acceptors (Lipinski definition) is 6. The van der Waals surface area contributed by atoms with E-state index in [1.54, 1.807) is 30.3 Å². The summed E-state index contributed by atoms with van der Waals surface area (Å²) < 4.78 is 58.9. The molecule has 0 spiro atoms. The lowest BCUT2D eigenvalue weighted by atomic mass is 10.1. The highest BCUT2D eigenvalue weighted by atomic mass is 32.2. The Kier molecular flexibility index (Phi) is 5.51. The molecule has 9 heteroatoms. The van der Waals surface area contributed by atoms with Crippen molar-refractivity contribution in [3.05, 3.63) is 35.9 Å². The predicted molar refractivity (Wildman–Crippen MR) is 76.8 cm³/mol. The summed E-state index contributed by atoms with van der Waals surface area (Å²) in [5.41, 5.74) is -1.24. The van der Waals surface area contributed by atoms with Gasteiger partial charge in [-0.15, -0.1) is 0 Å². The van der Waals surface area contributed by atoms with Crippen molar-refractivity contribution < 1.29 is 30.7 Å². The van der Waals surface area contributed by atoms with Gasteiger partial charge >= 0.3 is 0 Å². The number of hydrogen-bond donors (Lipinski definition) is 2. The third-order valence-electron chi connectivity index (χ3n) is 2.43. The SMILES string of the molecule is CC(C)(CS(=O)(=O)O)OS(=O)(=O)CC(O)c1ccccc1. The second kappa shape index (κ2) is 6.41. The maximum absolute atomic E-state index is 11.9. The van der Waals surface area contributed by atoms with Crippen LogP contribution in [0.4, 0.5) is 0 Å². The van der Waals surface area contributed by atoms with Gasteiger partial charge in [0.15, 0.2) is 0 Å². The lowest BCUT2D eigenvalue weighted by Crippen LogP contribution is -2.37. The van der Waals surface area contributed by atoms with Crippen LogP contribution in [0.5, 0.6) is 0 Å². The molecule has 0 bridgehead atoms. The van der Waals surface area contributed by atoms with E-state index in [0.717, 1.165) is 0 Å². The number of aliphatic hydroxyl groups is 1. The van der Waals surface area contributed by atoms with Gasteiger partial charge in [0.25, 0.3) is 20.2 Å². The van der Waals surface area contributed by atoms with Gasteiger partial charge in [-0.1, -0.05) is 30.3 Å². The van der Waals surface area contributed by atoms with Crippen LogP contribution in [-0.2, 0) is 24.4 Å². The zero-order valence-corrected chi connectivity index (χ0v) is 13.3. The Bertz CT molecular complexity index is 663. The Balaban J connectivity index is 2.78. The molecule has 0 radical (unpaired) electrons. The summed E-state index contributed by atoms with van der Waals surface area (Å²) in [4.78, 5) is 0. The molecular weight excluding hydrogens is 320 g/mol. The van der Waals surface area contributed by atoms with E-state index in [0.29, 0.717) is 5.56 Å². The highest BCUT2D eigenvalue weighted by Gasteiger charge is 2.33. The van der Waals surface area contributed by atoms with Gasteiger partial charge in [0.2, 0.25) is 0 Å². The van der Waals surface area contributed by atoms with Crippen LogP contribution in [-0.4, -0.2) is 43.6 Å². The predicted octanol–water partition coefficient (Wildman–Crippen LogP) is 0.733.